The van der Waals surface area contributed by atoms with Gasteiger partial charge in [-0.3, -0.25) is 0 Å². The van der Waals surface area contributed by atoms with Crippen molar-refractivity contribution < 1.29 is 4.90 Å². The summed E-state index contributed by atoms with van der Waals surface area (Å²) in [6, 6.07) is 16.5. The molecule has 2 N–H and O–H groups in total. The molecule has 3 nitrogen and oxygen atoms in total. The molecule has 0 aliphatic carbocycles. The fraction of sp³-hybridized carbons (Fsp3) is 0.316. The van der Waals surface area contributed by atoms with Gasteiger partial charge < -0.3 is 9.88 Å². The molecule has 0 amide bonds. The van der Waals surface area contributed by atoms with E-state index >= 15 is 0 Å². The summed E-state index contributed by atoms with van der Waals surface area (Å²) in [7, 11) is 0. The lowest BCUT2D eigenvalue weighted by molar-refractivity contribution is -0.920. The van der Waals surface area contributed by atoms with Crippen LogP contribution in [0.25, 0.3) is 11.0 Å². The van der Waals surface area contributed by atoms with Gasteiger partial charge in [-0.15, -0.1) is 0 Å². The predicted molar refractivity (Wildman–Crippen MR) is 93.9 cm³/mol. The first kappa shape index (κ1) is 14.7. The van der Waals surface area contributed by atoms with Crippen LogP contribution in [0.2, 0.25) is 5.02 Å². The lowest BCUT2D eigenvalue weighted by Gasteiger charge is -2.29. The van der Waals surface area contributed by atoms with Gasteiger partial charge in [-0.25, -0.2) is 4.98 Å². The number of H-pyrrole nitrogens is 1. The first-order valence-electron chi connectivity index (χ1n) is 8.30. The highest BCUT2D eigenvalue weighted by Crippen LogP contribution is 2.22. The number of halogens is 1. The number of benzene rings is 2. The zero-order valence-corrected chi connectivity index (χ0v) is 13.8. The van der Waals surface area contributed by atoms with E-state index in [9.17, 15) is 0 Å². The maximum atomic E-state index is 5.98. The highest BCUT2D eigenvalue weighted by Gasteiger charge is 2.26. The number of para-hydroxylation sites is 2. The number of piperidine rings is 1. The number of rotatable bonds is 3. The molecule has 0 spiro atoms. The average molecular weight is 327 g/mol. The number of nitrogens with one attached hydrogen (secondary N) is 2. The topological polar surface area (TPSA) is 33.1 Å². The van der Waals surface area contributed by atoms with Crippen LogP contribution >= 0.6 is 11.6 Å². The van der Waals surface area contributed by atoms with Crippen LogP contribution in [0.3, 0.4) is 0 Å². The van der Waals surface area contributed by atoms with Gasteiger partial charge in [0.2, 0.25) is 0 Å². The Hall–Kier alpha value is -1.84. The summed E-state index contributed by atoms with van der Waals surface area (Å²) in [6.07, 6.45) is 2.48. The van der Waals surface area contributed by atoms with Gasteiger partial charge >= 0.3 is 0 Å². The molecule has 1 saturated heterocycles. The number of likely N-dealkylation sites (tertiary alicyclic amines) is 1. The largest absolute Gasteiger partial charge is 0.342 e. The Morgan fingerprint density at radius 3 is 2.78 bits per heavy atom. The van der Waals surface area contributed by atoms with Gasteiger partial charge in [0, 0.05) is 10.6 Å². The van der Waals surface area contributed by atoms with Crippen molar-refractivity contribution >= 4 is 22.6 Å². The predicted octanol–water partition coefficient (Wildman–Crippen LogP) is 3.18. The quantitative estimate of drug-likeness (QED) is 0.761. The number of nitrogens with zero attached hydrogens (tertiary/aromatic N) is 1. The molecule has 4 heteroatoms. The molecule has 23 heavy (non-hydrogen) atoms. The minimum Gasteiger partial charge on any atom is -0.342 e. The summed E-state index contributed by atoms with van der Waals surface area (Å²) < 4.78 is 0. The third-order valence-electron chi connectivity index (χ3n) is 4.78. The van der Waals surface area contributed by atoms with Gasteiger partial charge in [0.25, 0.3) is 0 Å². The number of hydrogen-bond acceptors (Lipinski definition) is 1. The zero-order chi connectivity index (χ0) is 15.6. The molecule has 0 saturated carbocycles. The van der Waals surface area contributed by atoms with E-state index in [0.29, 0.717) is 5.92 Å². The second-order valence-corrected chi connectivity index (χ2v) is 6.92. The molecule has 2 atom stereocenters. The standard InChI is InChI=1S/C19H20ClN3/c20-16-9-7-14(8-10-16)12-23-11-3-4-15(13-23)19-21-17-5-1-2-6-18(17)22-19/h1-2,5-10,15H,3-4,11-13H2,(H,21,22)/p+1/t15-/m0/s1. The van der Waals surface area contributed by atoms with Crippen molar-refractivity contribution in [3.8, 4) is 0 Å². The van der Waals surface area contributed by atoms with Crippen LogP contribution < -0.4 is 4.90 Å². The fourth-order valence-electron chi connectivity index (χ4n) is 3.60. The lowest BCUT2D eigenvalue weighted by atomic mass is 9.97. The molecule has 1 aliphatic rings. The fourth-order valence-corrected chi connectivity index (χ4v) is 3.73. The summed E-state index contributed by atoms with van der Waals surface area (Å²) in [5, 5.41) is 0.808. The molecule has 2 aromatic carbocycles. The van der Waals surface area contributed by atoms with Crippen LogP contribution in [0.5, 0.6) is 0 Å². The molecular weight excluding hydrogens is 306 g/mol. The van der Waals surface area contributed by atoms with Gasteiger partial charge in [-0.05, 0) is 37.1 Å². The van der Waals surface area contributed by atoms with E-state index in [-0.39, 0.29) is 0 Å². The molecule has 1 fully saturated rings. The van der Waals surface area contributed by atoms with E-state index in [4.69, 9.17) is 16.6 Å². The van der Waals surface area contributed by atoms with Crippen molar-refractivity contribution in [3.63, 3.8) is 0 Å². The van der Waals surface area contributed by atoms with Crippen LogP contribution in [0, 0.1) is 0 Å². The Kier molecular flexibility index (Phi) is 4.06. The van der Waals surface area contributed by atoms with E-state index in [1.807, 2.05) is 18.2 Å². The molecule has 0 radical (unpaired) electrons. The van der Waals surface area contributed by atoms with Crippen molar-refractivity contribution in [2.24, 2.45) is 0 Å². The summed E-state index contributed by atoms with van der Waals surface area (Å²) in [5.74, 6) is 1.68. The number of aromatic nitrogens is 2. The molecular formula is C19H21ClN3+. The SMILES string of the molecule is Clc1ccc(C[NH+]2CCC[C@H](c3nc4ccccc4[nH]3)C2)cc1. The molecule has 1 unspecified atom stereocenters. The van der Waals surface area contributed by atoms with Gasteiger partial charge in [0.15, 0.2) is 0 Å². The average Bonchev–Trinajstić information content (AvgIpc) is 3.01. The number of imidazole rings is 1. The maximum Gasteiger partial charge on any atom is 0.116 e. The number of aromatic amines is 1. The number of quaternary nitrogens is 1. The van der Waals surface area contributed by atoms with Crippen molar-refractivity contribution in [1.82, 2.24) is 9.97 Å². The molecule has 1 aliphatic heterocycles. The molecule has 0 bridgehead atoms. The summed E-state index contributed by atoms with van der Waals surface area (Å²) in [5.41, 5.74) is 3.58. The van der Waals surface area contributed by atoms with E-state index in [2.05, 4.69) is 35.3 Å². The first-order valence-corrected chi connectivity index (χ1v) is 8.68. The molecule has 2 heterocycles. The van der Waals surface area contributed by atoms with Gasteiger partial charge in [-0.2, -0.15) is 0 Å². The van der Waals surface area contributed by atoms with Crippen molar-refractivity contribution in [2.45, 2.75) is 25.3 Å². The lowest BCUT2D eigenvalue weighted by Crippen LogP contribution is -3.12. The summed E-state index contributed by atoms with van der Waals surface area (Å²) in [4.78, 5) is 9.95. The minimum absolute atomic E-state index is 0.526. The van der Waals surface area contributed by atoms with E-state index in [1.165, 1.54) is 24.9 Å². The van der Waals surface area contributed by atoms with Crippen LogP contribution in [0.1, 0.15) is 30.1 Å². The van der Waals surface area contributed by atoms with Gasteiger partial charge in [0.05, 0.1) is 30.0 Å². The Labute approximate surface area is 141 Å². The highest BCUT2D eigenvalue weighted by molar-refractivity contribution is 6.30. The van der Waals surface area contributed by atoms with Crippen molar-refractivity contribution in [3.05, 3.63) is 64.9 Å². The Morgan fingerprint density at radius 1 is 1.13 bits per heavy atom. The molecule has 1 aromatic heterocycles. The number of hydrogen-bond donors (Lipinski definition) is 2. The first-order chi connectivity index (χ1) is 11.3. The Bertz CT molecular complexity index is 761. The van der Waals surface area contributed by atoms with Crippen LogP contribution in [-0.2, 0) is 6.54 Å². The van der Waals surface area contributed by atoms with E-state index in [1.54, 1.807) is 4.90 Å². The number of fused-ring (bicyclic) bond motifs is 1. The second-order valence-electron chi connectivity index (χ2n) is 6.49. The summed E-state index contributed by atoms with van der Waals surface area (Å²) >= 11 is 5.98. The monoisotopic (exact) mass is 326 g/mol. The normalized spacial score (nSPS) is 21.6. The minimum atomic E-state index is 0.526. The van der Waals surface area contributed by atoms with Crippen LogP contribution in [0.15, 0.2) is 48.5 Å². The molecule has 3 aromatic rings. The van der Waals surface area contributed by atoms with Crippen LogP contribution in [-0.4, -0.2) is 23.1 Å². The van der Waals surface area contributed by atoms with Crippen molar-refractivity contribution in [1.29, 1.82) is 0 Å². The van der Waals surface area contributed by atoms with Crippen LogP contribution in [0.4, 0.5) is 0 Å². The third kappa shape index (κ3) is 3.26. The highest BCUT2D eigenvalue weighted by atomic mass is 35.5. The van der Waals surface area contributed by atoms with Crippen molar-refractivity contribution in [2.75, 3.05) is 13.1 Å². The molecule has 4 rings (SSSR count). The maximum absolute atomic E-state index is 5.98. The second kappa shape index (κ2) is 6.34. The van der Waals surface area contributed by atoms with E-state index in [0.717, 1.165) is 35.0 Å². The summed E-state index contributed by atoms with van der Waals surface area (Å²) in [6.45, 7) is 3.44. The smallest absolute Gasteiger partial charge is 0.116 e. The molecule has 118 valence electrons. The van der Waals surface area contributed by atoms with E-state index < -0.39 is 0 Å². The van der Waals surface area contributed by atoms with Gasteiger partial charge in [0.1, 0.15) is 12.4 Å². The Morgan fingerprint density at radius 2 is 1.96 bits per heavy atom. The van der Waals surface area contributed by atoms with Gasteiger partial charge in [-0.1, -0.05) is 35.9 Å². The zero-order valence-electron chi connectivity index (χ0n) is 13.1. The third-order valence-corrected chi connectivity index (χ3v) is 5.03. The Balaban J connectivity index is 1.49.